The molecule has 2 aromatic carbocycles. The van der Waals surface area contributed by atoms with Crippen LogP contribution in [0.25, 0.3) is 0 Å². The van der Waals surface area contributed by atoms with Crippen LogP contribution >= 0.6 is 15.9 Å². The van der Waals surface area contributed by atoms with Crippen molar-refractivity contribution in [2.45, 2.75) is 19.4 Å². The molecular weight excluding hydrogens is 314 g/mol. The average Bonchev–Trinajstić information content (AvgIpc) is 2.47. The maximum Gasteiger partial charge on any atom is 0.0879 e. The lowest BCUT2D eigenvalue weighted by Crippen LogP contribution is -2.44. The van der Waals surface area contributed by atoms with Crippen LogP contribution in [-0.4, -0.2) is 11.7 Å². The predicted molar refractivity (Wildman–Crippen MR) is 87.8 cm³/mol. The van der Waals surface area contributed by atoms with Crippen molar-refractivity contribution >= 4 is 21.6 Å². The van der Waals surface area contributed by atoms with Crippen molar-refractivity contribution in [1.29, 1.82) is 0 Å². The van der Waals surface area contributed by atoms with Gasteiger partial charge in [0.15, 0.2) is 0 Å². The number of anilines is 1. The summed E-state index contributed by atoms with van der Waals surface area (Å²) in [5, 5.41) is 13.6. The van der Waals surface area contributed by atoms with Gasteiger partial charge in [-0.25, -0.2) is 0 Å². The van der Waals surface area contributed by atoms with Crippen molar-refractivity contribution in [2.75, 3.05) is 11.9 Å². The first kappa shape index (κ1) is 15.1. The number of aliphatic hydroxyl groups excluding tert-OH is 1. The van der Waals surface area contributed by atoms with Crippen molar-refractivity contribution in [2.24, 2.45) is 5.92 Å². The van der Waals surface area contributed by atoms with E-state index in [1.807, 2.05) is 42.5 Å². The molecule has 2 aromatic rings. The van der Waals surface area contributed by atoms with E-state index >= 15 is 0 Å². The van der Waals surface area contributed by atoms with Crippen LogP contribution < -0.4 is 5.32 Å². The van der Waals surface area contributed by atoms with Gasteiger partial charge in [0.2, 0.25) is 0 Å². The molecule has 0 heterocycles. The molecule has 0 spiro atoms. The van der Waals surface area contributed by atoms with Gasteiger partial charge in [-0.2, -0.15) is 0 Å². The van der Waals surface area contributed by atoms with Gasteiger partial charge in [-0.15, -0.1) is 0 Å². The molecule has 2 rings (SSSR count). The van der Waals surface area contributed by atoms with E-state index in [2.05, 4.69) is 47.2 Å². The van der Waals surface area contributed by atoms with Gasteiger partial charge in [0.05, 0.1) is 12.1 Å². The molecule has 2 nitrogen and oxygen atoms in total. The van der Waals surface area contributed by atoms with Crippen molar-refractivity contribution in [3.05, 3.63) is 64.6 Å². The minimum Gasteiger partial charge on any atom is -0.394 e. The Hall–Kier alpha value is -1.32. The molecule has 3 heteroatoms. The second kappa shape index (κ2) is 6.42. The minimum absolute atomic E-state index is 0.0464. The lowest BCUT2D eigenvalue weighted by molar-refractivity contribution is 0.172. The van der Waals surface area contributed by atoms with Crippen molar-refractivity contribution < 1.29 is 5.11 Å². The lowest BCUT2D eigenvalue weighted by atomic mass is 9.80. The first-order valence-corrected chi connectivity index (χ1v) is 7.58. The van der Waals surface area contributed by atoms with E-state index in [9.17, 15) is 5.11 Å². The maximum atomic E-state index is 10.0. The van der Waals surface area contributed by atoms with Gasteiger partial charge in [0, 0.05) is 10.2 Å². The largest absolute Gasteiger partial charge is 0.394 e. The lowest BCUT2D eigenvalue weighted by Gasteiger charge is -2.38. The van der Waals surface area contributed by atoms with Gasteiger partial charge in [-0.1, -0.05) is 60.1 Å². The molecule has 1 unspecified atom stereocenters. The van der Waals surface area contributed by atoms with Crippen LogP contribution in [0.2, 0.25) is 0 Å². The summed E-state index contributed by atoms with van der Waals surface area (Å²) in [5.41, 5.74) is 1.62. The highest BCUT2D eigenvalue weighted by Gasteiger charge is 2.34. The summed E-state index contributed by atoms with van der Waals surface area (Å²) < 4.78 is 1.04. The van der Waals surface area contributed by atoms with E-state index in [1.54, 1.807) is 0 Å². The Bertz CT molecular complexity index is 539. The molecule has 0 aliphatic heterocycles. The standard InChI is InChI=1S/C17H20BrNO/c1-13(2)17(12-20,14-6-4-3-5-7-14)19-16-10-8-15(18)9-11-16/h3-11,13,19-20H,12H2,1-2H3. The highest BCUT2D eigenvalue weighted by molar-refractivity contribution is 9.10. The fraction of sp³-hybridized carbons (Fsp3) is 0.294. The van der Waals surface area contributed by atoms with Gasteiger partial charge in [-0.05, 0) is 35.7 Å². The third-order valence-electron chi connectivity index (χ3n) is 3.74. The Morgan fingerprint density at radius 3 is 2.15 bits per heavy atom. The quantitative estimate of drug-likeness (QED) is 0.849. The van der Waals surface area contributed by atoms with Crippen molar-refractivity contribution in [3.63, 3.8) is 0 Å². The summed E-state index contributed by atoms with van der Waals surface area (Å²) in [4.78, 5) is 0. The molecule has 0 fully saturated rings. The molecule has 0 aliphatic rings. The van der Waals surface area contributed by atoms with Gasteiger partial charge in [0.25, 0.3) is 0 Å². The third kappa shape index (κ3) is 3.05. The van der Waals surface area contributed by atoms with Gasteiger partial charge in [-0.3, -0.25) is 0 Å². The number of rotatable bonds is 5. The number of hydrogen-bond donors (Lipinski definition) is 2. The molecular formula is C17H20BrNO. The van der Waals surface area contributed by atoms with Gasteiger partial charge >= 0.3 is 0 Å². The van der Waals surface area contributed by atoms with Crippen LogP contribution in [0.3, 0.4) is 0 Å². The Balaban J connectivity index is 2.40. The second-order valence-corrected chi connectivity index (χ2v) is 6.20. The minimum atomic E-state index is -0.477. The summed E-state index contributed by atoms with van der Waals surface area (Å²) in [6.07, 6.45) is 0. The van der Waals surface area contributed by atoms with Crippen LogP contribution in [0, 0.1) is 5.92 Å². The molecule has 0 bridgehead atoms. The summed E-state index contributed by atoms with van der Waals surface area (Å²) in [7, 11) is 0. The second-order valence-electron chi connectivity index (χ2n) is 5.28. The van der Waals surface area contributed by atoms with Crippen LogP contribution in [0.4, 0.5) is 5.69 Å². The Labute approximate surface area is 129 Å². The van der Waals surface area contributed by atoms with E-state index in [0.717, 1.165) is 15.7 Å². The highest BCUT2D eigenvalue weighted by Crippen LogP contribution is 2.33. The summed E-state index contributed by atoms with van der Waals surface area (Å²) in [6, 6.07) is 18.1. The zero-order chi connectivity index (χ0) is 14.6. The van der Waals surface area contributed by atoms with E-state index in [4.69, 9.17) is 0 Å². The molecule has 0 aliphatic carbocycles. The third-order valence-corrected chi connectivity index (χ3v) is 4.26. The molecule has 0 saturated carbocycles. The summed E-state index contributed by atoms with van der Waals surface area (Å²) >= 11 is 3.44. The normalized spacial score (nSPS) is 14.1. The van der Waals surface area contributed by atoms with E-state index < -0.39 is 5.54 Å². The SMILES string of the molecule is CC(C)C(CO)(Nc1ccc(Br)cc1)c1ccccc1. The monoisotopic (exact) mass is 333 g/mol. The number of aliphatic hydroxyl groups is 1. The average molecular weight is 334 g/mol. The van der Waals surface area contributed by atoms with Crippen LogP contribution in [0.1, 0.15) is 19.4 Å². The van der Waals surface area contributed by atoms with E-state index in [1.165, 1.54) is 0 Å². The fourth-order valence-corrected chi connectivity index (χ4v) is 2.65. The topological polar surface area (TPSA) is 32.3 Å². The van der Waals surface area contributed by atoms with E-state index in [-0.39, 0.29) is 12.5 Å². The van der Waals surface area contributed by atoms with Gasteiger partial charge in [0.1, 0.15) is 0 Å². The van der Waals surface area contributed by atoms with Crippen LogP contribution in [-0.2, 0) is 5.54 Å². The number of hydrogen-bond acceptors (Lipinski definition) is 2. The van der Waals surface area contributed by atoms with E-state index in [0.29, 0.717) is 0 Å². The summed E-state index contributed by atoms with van der Waals surface area (Å²) in [5.74, 6) is 0.249. The molecule has 2 N–H and O–H groups in total. The molecule has 20 heavy (non-hydrogen) atoms. The fourth-order valence-electron chi connectivity index (χ4n) is 2.39. The smallest absolute Gasteiger partial charge is 0.0879 e. The van der Waals surface area contributed by atoms with Crippen LogP contribution in [0.5, 0.6) is 0 Å². The molecule has 0 radical (unpaired) electrons. The van der Waals surface area contributed by atoms with Crippen molar-refractivity contribution in [1.82, 2.24) is 0 Å². The predicted octanol–water partition coefficient (Wildman–Crippen LogP) is 4.40. The summed E-state index contributed by atoms with van der Waals surface area (Å²) in [6.45, 7) is 4.29. The van der Waals surface area contributed by atoms with Crippen LogP contribution in [0.15, 0.2) is 59.1 Å². The molecule has 0 saturated heterocycles. The first-order valence-electron chi connectivity index (χ1n) is 6.78. The number of benzene rings is 2. The molecule has 1 atom stereocenters. The number of nitrogens with one attached hydrogen (secondary N) is 1. The maximum absolute atomic E-state index is 10.0. The Kier molecular flexibility index (Phi) is 4.84. The molecule has 0 aromatic heterocycles. The molecule has 0 amide bonds. The Morgan fingerprint density at radius 1 is 1.05 bits per heavy atom. The Morgan fingerprint density at radius 2 is 1.65 bits per heavy atom. The molecule has 106 valence electrons. The zero-order valence-electron chi connectivity index (χ0n) is 11.8. The first-order chi connectivity index (χ1) is 9.58. The zero-order valence-corrected chi connectivity index (χ0v) is 13.4. The highest BCUT2D eigenvalue weighted by atomic mass is 79.9. The van der Waals surface area contributed by atoms with Crippen molar-refractivity contribution in [3.8, 4) is 0 Å². The number of halogens is 1. The van der Waals surface area contributed by atoms with Gasteiger partial charge < -0.3 is 10.4 Å².